The number of methoxy groups -OCH3 is 1. The summed E-state index contributed by atoms with van der Waals surface area (Å²) in [6.07, 6.45) is 10.7. The number of hydrogen-bond acceptors (Lipinski definition) is 6. The third kappa shape index (κ3) is 3.08. The van der Waals surface area contributed by atoms with Crippen LogP contribution in [0.1, 0.15) is 30.7 Å². The molecule has 0 aliphatic heterocycles. The summed E-state index contributed by atoms with van der Waals surface area (Å²) in [5.74, 6) is 0.469. The molecule has 26 heavy (non-hydrogen) atoms. The minimum absolute atomic E-state index is 0.0709. The zero-order valence-corrected chi connectivity index (χ0v) is 14.2. The molecule has 0 unspecified atom stereocenters. The highest BCUT2D eigenvalue weighted by Gasteiger charge is 2.27. The first-order chi connectivity index (χ1) is 12.8. The summed E-state index contributed by atoms with van der Waals surface area (Å²) in [4.78, 5) is 16.4. The van der Waals surface area contributed by atoms with E-state index in [9.17, 15) is 0 Å². The van der Waals surface area contributed by atoms with Crippen LogP contribution in [0.25, 0.3) is 11.3 Å². The van der Waals surface area contributed by atoms with Crippen LogP contribution in [-0.4, -0.2) is 27.0 Å². The molecule has 0 radical (unpaired) electrons. The van der Waals surface area contributed by atoms with E-state index in [1.807, 2.05) is 6.07 Å². The van der Waals surface area contributed by atoms with Crippen molar-refractivity contribution in [1.82, 2.24) is 19.9 Å². The van der Waals surface area contributed by atoms with E-state index in [2.05, 4.69) is 19.9 Å². The van der Waals surface area contributed by atoms with E-state index in [4.69, 9.17) is 9.47 Å². The molecule has 0 N–H and O–H groups in total. The van der Waals surface area contributed by atoms with E-state index in [1.54, 1.807) is 12.3 Å². The van der Waals surface area contributed by atoms with Crippen LogP contribution in [0, 0.1) is 5.82 Å². The maximum absolute atomic E-state index is 15.3. The van der Waals surface area contributed by atoms with Crippen molar-refractivity contribution in [2.75, 3.05) is 7.11 Å². The van der Waals surface area contributed by atoms with Crippen molar-refractivity contribution in [1.29, 1.82) is 0 Å². The Bertz CT molecular complexity index is 899. The highest BCUT2D eigenvalue weighted by Crippen LogP contribution is 2.44. The first kappa shape index (κ1) is 16.4. The molecular formula is C19H17FN4O2. The molecule has 1 aromatic carbocycles. The highest BCUT2D eigenvalue weighted by atomic mass is 19.1. The van der Waals surface area contributed by atoms with Gasteiger partial charge in [0.05, 0.1) is 31.4 Å². The Kier molecular flexibility index (Phi) is 4.43. The lowest BCUT2D eigenvalue weighted by molar-refractivity contribution is 0.366. The third-order valence-corrected chi connectivity index (χ3v) is 4.55. The molecule has 4 rings (SSSR count). The molecule has 7 heteroatoms. The number of hydrogen-bond donors (Lipinski definition) is 0. The summed E-state index contributed by atoms with van der Waals surface area (Å²) in [5, 5.41) is 0. The van der Waals surface area contributed by atoms with Gasteiger partial charge in [-0.15, -0.1) is 0 Å². The number of rotatable bonds is 5. The second kappa shape index (κ2) is 7.03. The molecule has 1 aliphatic rings. The molecule has 0 amide bonds. The molecule has 2 aromatic heterocycles. The number of benzene rings is 1. The van der Waals surface area contributed by atoms with Gasteiger partial charge in [-0.2, -0.15) is 9.97 Å². The van der Waals surface area contributed by atoms with E-state index >= 15 is 4.39 Å². The van der Waals surface area contributed by atoms with Crippen molar-refractivity contribution in [2.24, 2.45) is 0 Å². The quantitative estimate of drug-likeness (QED) is 0.687. The lowest BCUT2D eigenvalue weighted by Gasteiger charge is -2.28. The molecular weight excluding hydrogens is 335 g/mol. The predicted molar refractivity (Wildman–Crippen MR) is 92.7 cm³/mol. The van der Waals surface area contributed by atoms with Gasteiger partial charge in [0.25, 0.3) is 0 Å². The fourth-order valence-corrected chi connectivity index (χ4v) is 2.91. The molecule has 1 saturated carbocycles. The highest BCUT2D eigenvalue weighted by molar-refractivity contribution is 5.63. The van der Waals surface area contributed by atoms with E-state index in [-0.39, 0.29) is 17.7 Å². The van der Waals surface area contributed by atoms with Crippen LogP contribution in [-0.2, 0) is 0 Å². The summed E-state index contributed by atoms with van der Waals surface area (Å²) >= 11 is 0. The summed E-state index contributed by atoms with van der Waals surface area (Å²) < 4.78 is 26.1. The normalized spacial score (nSPS) is 13.9. The number of nitrogens with zero attached hydrogens (tertiary/aromatic N) is 4. The fraction of sp³-hybridized carbons (Fsp3) is 0.263. The molecule has 2 heterocycles. The van der Waals surface area contributed by atoms with E-state index in [0.717, 1.165) is 24.8 Å². The maximum Gasteiger partial charge on any atom is 0.322 e. The van der Waals surface area contributed by atoms with Crippen LogP contribution in [0.2, 0.25) is 0 Å². The van der Waals surface area contributed by atoms with Crippen molar-refractivity contribution < 1.29 is 13.9 Å². The van der Waals surface area contributed by atoms with Crippen LogP contribution in [0.4, 0.5) is 4.39 Å². The van der Waals surface area contributed by atoms with Gasteiger partial charge in [-0.3, -0.25) is 9.97 Å². The molecule has 0 spiro atoms. The second-order valence-corrected chi connectivity index (χ2v) is 6.07. The molecule has 6 nitrogen and oxygen atoms in total. The van der Waals surface area contributed by atoms with Gasteiger partial charge in [-0.25, -0.2) is 4.39 Å². The van der Waals surface area contributed by atoms with Gasteiger partial charge in [0, 0.05) is 23.5 Å². The Morgan fingerprint density at radius 2 is 1.85 bits per heavy atom. The van der Waals surface area contributed by atoms with Gasteiger partial charge >= 0.3 is 6.01 Å². The summed E-state index contributed by atoms with van der Waals surface area (Å²) in [5.41, 5.74) is 1.62. The minimum atomic E-state index is -0.477. The smallest absolute Gasteiger partial charge is 0.322 e. The van der Waals surface area contributed by atoms with Gasteiger partial charge in [0.2, 0.25) is 0 Å². The molecule has 132 valence electrons. The maximum atomic E-state index is 15.3. The van der Waals surface area contributed by atoms with E-state index < -0.39 is 5.82 Å². The summed E-state index contributed by atoms with van der Waals surface area (Å²) in [6.45, 7) is 0. The Labute approximate surface area is 150 Å². The SMILES string of the molecule is COc1cnc(Oc2c(C3CCC3)ccc(-c3cnccn3)c2F)nc1. The number of ether oxygens (including phenoxy) is 2. The summed E-state index contributed by atoms with van der Waals surface area (Å²) in [7, 11) is 1.53. The zero-order chi connectivity index (χ0) is 17.9. The molecule has 1 fully saturated rings. The van der Waals surface area contributed by atoms with Crippen LogP contribution in [0.5, 0.6) is 17.5 Å². The fourth-order valence-electron chi connectivity index (χ4n) is 2.91. The van der Waals surface area contributed by atoms with E-state index in [1.165, 1.54) is 31.9 Å². The lowest BCUT2D eigenvalue weighted by atomic mass is 9.79. The molecule has 1 aliphatic carbocycles. The van der Waals surface area contributed by atoms with Crippen LogP contribution < -0.4 is 9.47 Å². The number of halogens is 1. The van der Waals surface area contributed by atoms with Crippen molar-refractivity contribution >= 4 is 0 Å². The third-order valence-electron chi connectivity index (χ3n) is 4.55. The van der Waals surface area contributed by atoms with Gasteiger partial charge in [0.1, 0.15) is 0 Å². The van der Waals surface area contributed by atoms with Gasteiger partial charge in [-0.1, -0.05) is 12.5 Å². The van der Waals surface area contributed by atoms with Crippen LogP contribution >= 0.6 is 0 Å². The first-order valence-electron chi connectivity index (χ1n) is 8.39. The number of aromatic nitrogens is 4. The first-order valence-corrected chi connectivity index (χ1v) is 8.39. The minimum Gasteiger partial charge on any atom is -0.494 e. The Morgan fingerprint density at radius 1 is 1.04 bits per heavy atom. The Morgan fingerprint density at radius 3 is 2.46 bits per heavy atom. The second-order valence-electron chi connectivity index (χ2n) is 6.07. The van der Waals surface area contributed by atoms with Gasteiger partial charge in [0.15, 0.2) is 17.3 Å². The van der Waals surface area contributed by atoms with Crippen LogP contribution in [0.3, 0.4) is 0 Å². The topological polar surface area (TPSA) is 70.0 Å². The van der Waals surface area contributed by atoms with Crippen molar-refractivity contribution in [3.8, 4) is 28.8 Å². The van der Waals surface area contributed by atoms with Crippen molar-refractivity contribution in [3.05, 3.63) is 54.5 Å². The summed E-state index contributed by atoms with van der Waals surface area (Å²) in [6, 6.07) is 3.70. The Hall–Kier alpha value is -3.09. The van der Waals surface area contributed by atoms with Gasteiger partial charge < -0.3 is 9.47 Å². The molecule has 0 saturated heterocycles. The predicted octanol–water partition coefficient (Wildman–Crippen LogP) is 4.14. The standard InChI is InChI=1S/C19H17FN4O2/c1-25-13-9-23-19(24-10-13)26-18-14(12-3-2-4-12)5-6-15(17(18)20)16-11-21-7-8-22-16/h5-12H,2-4H2,1H3. The molecule has 0 atom stereocenters. The average Bonchev–Trinajstić information content (AvgIpc) is 2.64. The monoisotopic (exact) mass is 352 g/mol. The molecule has 3 aromatic rings. The van der Waals surface area contributed by atoms with E-state index in [0.29, 0.717) is 17.0 Å². The van der Waals surface area contributed by atoms with Gasteiger partial charge in [-0.05, 0) is 24.8 Å². The Balaban J connectivity index is 1.76. The van der Waals surface area contributed by atoms with Crippen molar-refractivity contribution in [2.45, 2.75) is 25.2 Å². The zero-order valence-electron chi connectivity index (χ0n) is 14.2. The largest absolute Gasteiger partial charge is 0.494 e. The van der Waals surface area contributed by atoms with Crippen LogP contribution in [0.15, 0.2) is 43.1 Å². The average molecular weight is 352 g/mol. The van der Waals surface area contributed by atoms with Crippen molar-refractivity contribution in [3.63, 3.8) is 0 Å². The lowest BCUT2D eigenvalue weighted by Crippen LogP contribution is -2.11. The molecule has 0 bridgehead atoms.